The minimum absolute atomic E-state index is 0.0512. The molecular weight excluding hydrogens is 496 g/mol. The fraction of sp³-hybridized carbons (Fsp3) is 0. The lowest BCUT2D eigenvalue weighted by molar-refractivity contribution is 0.0909. The predicted octanol–water partition coefficient (Wildman–Crippen LogP) is 2.91. The Balaban J connectivity index is 1.37. The van der Waals surface area contributed by atoms with Gasteiger partial charge in [0.2, 0.25) is 9.84 Å². The molecule has 4 heterocycles. The van der Waals surface area contributed by atoms with Gasteiger partial charge < -0.3 is 0 Å². The maximum Gasteiger partial charge on any atom is 0.267 e. The molecule has 0 radical (unpaired) electrons. The average molecular weight is 510 g/mol. The maximum absolute atomic E-state index is 13.5. The van der Waals surface area contributed by atoms with E-state index in [1.807, 2.05) is 0 Å². The summed E-state index contributed by atoms with van der Waals surface area (Å²) in [6.07, 6.45) is 2.87. The Morgan fingerprint density at radius 1 is 0.514 bits per heavy atom. The molecule has 4 aromatic rings. The summed E-state index contributed by atoms with van der Waals surface area (Å²) in [6, 6.07) is 16.8. The van der Waals surface area contributed by atoms with Crippen molar-refractivity contribution in [2.45, 2.75) is 9.79 Å². The van der Waals surface area contributed by atoms with Crippen LogP contribution < -0.4 is 9.80 Å². The molecule has 0 atom stereocenters. The Hall–Kier alpha value is -5.03. The van der Waals surface area contributed by atoms with Crippen LogP contribution in [0.4, 0.5) is 11.6 Å². The van der Waals surface area contributed by atoms with Gasteiger partial charge in [-0.3, -0.25) is 19.2 Å². The Labute approximate surface area is 209 Å². The first-order valence-corrected chi connectivity index (χ1v) is 12.4. The lowest BCUT2D eigenvalue weighted by atomic mass is 10.1. The summed E-state index contributed by atoms with van der Waals surface area (Å²) in [5.41, 5.74) is -0.0541. The fourth-order valence-electron chi connectivity index (χ4n) is 4.30. The highest BCUT2D eigenvalue weighted by Gasteiger charge is 2.40. The van der Waals surface area contributed by atoms with Crippen molar-refractivity contribution in [3.63, 3.8) is 0 Å². The second-order valence-electron chi connectivity index (χ2n) is 8.19. The van der Waals surface area contributed by atoms with Gasteiger partial charge in [0.15, 0.2) is 0 Å². The van der Waals surface area contributed by atoms with Crippen molar-refractivity contribution < 1.29 is 27.6 Å². The third kappa shape index (κ3) is 3.28. The van der Waals surface area contributed by atoms with E-state index in [1.54, 1.807) is 24.3 Å². The number of hydrogen-bond acceptors (Lipinski definition) is 8. The zero-order chi connectivity index (χ0) is 25.9. The molecule has 11 heteroatoms. The summed E-state index contributed by atoms with van der Waals surface area (Å²) >= 11 is 0. The first-order valence-electron chi connectivity index (χ1n) is 10.9. The van der Waals surface area contributed by atoms with Crippen molar-refractivity contribution >= 4 is 45.1 Å². The van der Waals surface area contributed by atoms with E-state index in [2.05, 4.69) is 9.97 Å². The van der Waals surface area contributed by atoms with Crippen LogP contribution >= 0.6 is 0 Å². The van der Waals surface area contributed by atoms with Crippen molar-refractivity contribution in [2.75, 3.05) is 9.80 Å². The third-order valence-electron chi connectivity index (χ3n) is 6.09. The Morgan fingerprint density at radius 2 is 0.919 bits per heavy atom. The molecule has 6 rings (SSSR count). The van der Waals surface area contributed by atoms with E-state index in [-0.39, 0.29) is 43.7 Å². The topological polar surface area (TPSA) is 135 Å². The molecule has 0 bridgehead atoms. The normalized spacial score (nSPS) is 14.8. The Morgan fingerprint density at radius 3 is 1.30 bits per heavy atom. The average Bonchev–Trinajstić information content (AvgIpc) is 3.33. The van der Waals surface area contributed by atoms with E-state index in [0.717, 1.165) is 21.9 Å². The second-order valence-corrected chi connectivity index (χ2v) is 10.1. The largest absolute Gasteiger partial charge is 0.268 e. The summed E-state index contributed by atoms with van der Waals surface area (Å²) in [5, 5.41) is 0. The van der Waals surface area contributed by atoms with E-state index in [4.69, 9.17) is 0 Å². The standard InChI is InChI=1S/C26H14N4O6S/c31-23-17-9-7-15(13-19(17)25(33)29(23)21-5-1-3-11-27-21)37(35,36)16-8-10-18-20(14-16)26(34)30(24(18)32)22-6-2-4-12-28-22/h1-14H. The van der Waals surface area contributed by atoms with Crippen LogP contribution in [0.5, 0.6) is 0 Å². The minimum atomic E-state index is -4.22. The molecule has 0 fully saturated rings. The first kappa shape index (κ1) is 22.4. The van der Waals surface area contributed by atoms with Gasteiger partial charge in [-0.15, -0.1) is 0 Å². The maximum atomic E-state index is 13.5. The number of imide groups is 2. The van der Waals surface area contributed by atoms with Crippen LogP contribution in [0.2, 0.25) is 0 Å². The van der Waals surface area contributed by atoms with Crippen LogP contribution in [-0.2, 0) is 9.84 Å². The van der Waals surface area contributed by atoms with Gasteiger partial charge >= 0.3 is 0 Å². The number of sulfone groups is 1. The number of hydrogen-bond donors (Lipinski definition) is 0. The van der Waals surface area contributed by atoms with Crippen LogP contribution in [0, 0.1) is 0 Å². The molecule has 2 aromatic heterocycles. The summed E-state index contributed by atoms with van der Waals surface area (Å²) in [6.45, 7) is 0. The summed E-state index contributed by atoms with van der Waals surface area (Å²) in [5.74, 6) is -2.37. The van der Waals surface area contributed by atoms with Crippen LogP contribution in [0.1, 0.15) is 41.4 Å². The van der Waals surface area contributed by atoms with E-state index >= 15 is 0 Å². The van der Waals surface area contributed by atoms with Gasteiger partial charge in [0.25, 0.3) is 23.6 Å². The second kappa shape index (κ2) is 8.00. The Kier molecular flexibility index (Phi) is 4.85. The van der Waals surface area contributed by atoms with E-state index in [9.17, 15) is 27.6 Å². The van der Waals surface area contributed by atoms with Gasteiger partial charge in [0.1, 0.15) is 11.6 Å². The molecule has 2 aromatic carbocycles. The number of fused-ring (bicyclic) bond motifs is 2. The highest BCUT2D eigenvalue weighted by Crippen LogP contribution is 2.33. The molecular formula is C26H14N4O6S. The van der Waals surface area contributed by atoms with Crippen LogP contribution in [-0.4, -0.2) is 42.0 Å². The molecule has 0 saturated carbocycles. The van der Waals surface area contributed by atoms with E-state index < -0.39 is 33.5 Å². The quantitative estimate of drug-likeness (QED) is 0.383. The van der Waals surface area contributed by atoms with Crippen molar-refractivity contribution in [3.05, 3.63) is 107 Å². The number of carbonyl (C=O) groups excluding carboxylic acids is 4. The number of pyridine rings is 2. The molecule has 37 heavy (non-hydrogen) atoms. The number of aromatic nitrogens is 2. The molecule has 0 saturated heterocycles. The SMILES string of the molecule is O=C1c2ccc(S(=O)(=O)c3ccc4c(c3)C(=O)N(c3ccccn3)C4=O)cc2C(=O)N1c1ccccn1. The van der Waals surface area contributed by atoms with Gasteiger partial charge in [-0.05, 0) is 60.7 Å². The zero-order valence-corrected chi connectivity index (χ0v) is 19.5. The summed E-state index contributed by atoms with van der Waals surface area (Å²) in [4.78, 5) is 61.0. The first-order chi connectivity index (χ1) is 17.8. The number of carbonyl (C=O) groups is 4. The number of benzene rings is 2. The number of anilines is 2. The molecule has 0 aliphatic carbocycles. The summed E-state index contributed by atoms with van der Waals surface area (Å²) < 4.78 is 26.9. The van der Waals surface area contributed by atoms with Crippen molar-refractivity contribution in [1.82, 2.24) is 9.97 Å². The van der Waals surface area contributed by atoms with Crippen LogP contribution in [0.15, 0.2) is 95.0 Å². The van der Waals surface area contributed by atoms with Gasteiger partial charge in [-0.25, -0.2) is 28.2 Å². The predicted molar refractivity (Wildman–Crippen MR) is 129 cm³/mol. The number of rotatable bonds is 4. The zero-order valence-electron chi connectivity index (χ0n) is 18.7. The summed E-state index contributed by atoms with van der Waals surface area (Å²) in [7, 11) is -4.22. The Bertz CT molecular complexity index is 1650. The lowest BCUT2D eigenvalue weighted by Crippen LogP contribution is -2.30. The highest BCUT2D eigenvalue weighted by atomic mass is 32.2. The van der Waals surface area contributed by atoms with E-state index in [1.165, 1.54) is 48.8 Å². The van der Waals surface area contributed by atoms with Gasteiger partial charge in [-0.1, -0.05) is 12.1 Å². The molecule has 0 N–H and O–H groups in total. The molecule has 2 aliphatic heterocycles. The molecule has 4 amide bonds. The lowest BCUT2D eigenvalue weighted by Gasteiger charge is -2.11. The molecule has 0 unspecified atom stereocenters. The highest BCUT2D eigenvalue weighted by molar-refractivity contribution is 7.91. The van der Waals surface area contributed by atoms with Crippen LogP contribution in [0.3, 0.4) is 0 Å². The number of amides is 4. The van der Waals surface area contributed by atoms with E-state index in [0.29, 0.717) is 0 Å². The van der Waals surface area contributed by atoms with Crippen LogP contribution in [0.25, 0.3) is 0 Å². The third-order valence-corrected chi connectivity index (χ3v) is 7.84. The monoisotopic (exact) mass is 510 g/mol. The van der Waals surface area contributed by atoms with Crippen molar-refractivity contribution in [1.29, 1.82) is 0 Å². The molecule has 2 aliphatic rings. The molecule has 0 spiro atoms. The van der Waals surface area contributed by atoms with Gasteiger partial charge in [0, 0.05) is 12.4 Å². The van der Waals surface area contributed by atoms with Gasteiger partial charge in [0.05, 0.1) is 32.0 Å². The molecule has 180 valence electrons. The minimum Gasteiger partial charge on any atom is -0.268 e. The van der Waals surface area contributed by atoms with Crippen molar-refractivity contribution in [2.24, 2.45) is 0 Å². The van der Waals surface area contributed by atoms with Crippen molar-refractivity contribution in [3.8, 4) is 0 Å². The van der Waals surface area contributed by atoms with Gasteiger partial charge in [-0.2, -0.15) is 0 Å². The fourth-order valence-corrected chi connectivity index (χ4v) is 5.61. The smallest absolute Gasteiger partial charge is 0.267 e. The molecule has 10 nitrogen and oxygen atoms in total. The number of nitrogens with zero attached hydrogens (tertiary/aromatic N) is 4.